The zero-order chi connectivity index (χ0) is 13.5. The monoisotopic (exact) mass is 264 g/mol. The van der Waals surface area contributed by atoms with Crippen molar-refractivity contribution in [3.63, 3.8) is 0 Å². The lowest BCUT2D eigenvalue weighted by Gasteiger charge is -2.56. The van der Waals surface area contributed by atoms with Gasteiger partial charge >= 0.3 is 0 Å². The fraction of sp³-hybridized carbons (Fsp3) is 0.867. The molecule has 106 valence electrons. The minimum Gasteiger partial charge on any atom is -0.550 e. The number of rotatable bonds is 5. The van der Waals surface area contributed by atoms with Gasteiger partial charge in [-0.05, 0) is 69.1 Å². The lowest BCUT2D eigenvalue weighted by atomic mass is 9.53. The van der Waals surface area contributed by atoms with Gasteiger partial charge in [0.25, 0.3) is 0 Å². The van der Waals surface area contributed by atoms with Gasteiger partial charge in [-0.25, -0.2) is 0 Å². The number of carbonyl (C=O) groups excluding carboxylic acids is 2. The summed E-state index contributed by atoms with van der Waals surface area (Å²) in [5.74, 6) is 1.41. The van der Waals surface area contributed by atoms with Crippen LogP contribution in [-0.4, -0.2) is 17.4 Å². The van der Waals surface area contributed by atoms with Gasteiger partial charge in [0.05, 0.1) is 0 Å². The number of carbonyl (C=O) groups is 2. The third-order valence-electron chi connectivity index (χ3n) is 5.23. The summed E-state index contributed by atoms with van der Waals surface area (Å²) in [6.45, 7) is 0. The van der Waals surface area contributed by atoms with E-state index < -0.39 is 5.97 Å². The van der Waals surface area contributed by atoms with E-state index in [9.17, 15) is 14.7 Å². The molecule has 1 amide bonds. The van der Waals surface area contributed by atoms with Crippen LogP contribution in [0.15, 0.2) is 0 Å². The second kappa shape index (κ2) is 4.80. The average molecular weight is 264 g/mol. The molecule has 0 heterocycles. The van der Waals surface area contributed by atoms with Crippen LogP contribution in [0.4, 0.5) is 0 Å². The van der Waals surface area contributed by atoms with E-state index in [1.165, 1.54) is 19.3 Å². The van der Waals surface area contributed by atoms with Gasteiger partial charge in [0.15, 0.2) is 0 Å². The number of carboxylic acids is 1. The zero-order valence-corrected chi connectivity index (χ0v) is 11.3. The van der Waals surface area contributed by atoms with E-state index in [0.717, 1.165) is 37.0 Å². The van der Waals surface area contributed by atoms with Crippen molar-refractivity contribution in [1.29, 1.82) is 0 Å². The normalized spacial score (nSPS) is 39.3. The average Bonchev–Trinajstić information content (AvgIpc) is 2.25. The summed E-state index contributed by atoms with van der Waals surface area (Å²) in [6.07, 6.45) is 8.20. The van der Waals surface area contributed by atoms with E-state index in [1.807, 2.05) is 0 Å². The van der Waals surface area contributed by atoms with Crippen LogP contribution in [0, 0.1) is 17.8 Å². The molecule has 4 nitrogen and oxygen atoms in total. The Hall–Kier alpha value is -1.06. The highest BCUT2D eigenvalue weighted by molar-refractivity contribution is 5.77. The first-order chi connectivity index (χ1) is 9.05. The van der Waals surface area contributed by atoms with Crippen molar-refractivity contribution in [2.75, 3.05) is 0 Å². The van der Waals surface area contributed by atoms with Gasteiger partial charge in [0, 0.05) is 17.9 Å². The van der Waals surface area contributed by atoms with Crippen molar-refractivity contribution in [3.05, 3.63) is 0 Å². The summed E-state index contributed by atoms with van der Waals surface area (Å²) < 4.78 is 0. The molecule has 19 heavy (non-hydrogen) atoms. The summed E-state index contributed by atoms with van der Waals surface area (Å²) >= 11 is 0. The standard InChI is InChI=1S/C15H23NO3/c17-13(2-1-3-14(18)19)16-15-7-10-4-11(8-15)6-12(5-10)9-15/h10-12H,1-9H2,(H,16,17)(H,18,19)/p-1. The maximum Gasteiger partial charge on any atom is 0.220 e. The van der Waals surface area contributed by atoms with Gasteiger partial charge in [-0.3, -0.25) is 4.79 Å². The first-order valence-corrected chi connectivity index (χ1v) is 7.55. The number of hydrogen-bond acceptors (Lipinski definition) is 3. The Kier molecular flexibility index (Phi) is 3.27. The first-order valence-electron chi connectivity index (χ1n) is 7.55. The Morgan fingerprint density at radius 1 is 1.00 bits per heavy atom. The minimum atomic E-state index is -1.07. The summed E-state index contributed by atoms with van der Waals surface area (Å²) in [6, 6.07) is 0. The summed E-state index contributed by atoms with van der Waals surface area (Å²) in [5.41, 5.74) is 0.0489. The molecule has 0 saturated heterocycles. The van der Waals surface area contributed by atoms with Gasteiger partial charge in [-0.15, -0.1) is 0 Å². The molecule has 0 radical (unpaired) electrons. The van der Waals surface area contributed by atoms with Crippen LogP contribution in [0.5, 0.6) is 0 Å². The summed E-state index contributed by atoms with van der Waals surface area (Å²) in [4.78, 5) is 22.3. The molecule has 0 aliphatic heterocycles. The van der Waals surface area contributed by atoms with Crippen LogP contribution in [0.3, 0.4) is 0 Å². The van der Waals surface area contributed by atoms with Crippen molar-refractivity contribution in [1.82, 2.24) is 5.32 Å². The number of hydrogen-bond donors (Lipinski definition) is 1. The van der Waals surface area contributed by atoms with Crippen molar-refractivity contribution in [3.8, 4) is 0 Å². The van der Waals surface area contributed by atoms with Crippen molar-refractivity contribution >= 4 is 11.9 Å². The van der Waals surface area contributed by atoms with Gasteiger partial charge in [-0.2, -0.15) is 0 Å². The van der Waals surface area contributed by atoms with E-state index in [4.69, 9.17) is 0 Å². The molecule has 0 unspecified atom stereocenters. The van der Waals surface area contributed by atoms with Gasteiger partial charge in [0.2, 0.25) is 5.91 Å². The Morgan fingerprint density at radius 3 is 2.00 bits per heavy atom. The topological polar surface area (TPSA) is 69.2 Å². The quantitative estimate of drug-likeness (QED) is 0.805. The van der Waals surface area contributed by atoms with Crippen molar-refractivity contribution in [2.45, 2.75) is 63.3 Å². The molecular weight excluding hydrogens is 242 g/mol. The molecule has 0 aromatic rings. The SMILES string of the molecule is O=C([O-])CCCC(=O)NC12CC3CC(CC(C3)C1)C2. The molecule has 4 heteroatoms. The van der Waals surface area contributed by atoms with E-state index in [0.29, 0.717) is 12.8 Å². The van der Waals surface area contributed by atoms with Gasteiger partial charge in [-0.1, -0.05) is 0 Å². The Labute approximate surface area is 113 Å². The lowest BCUT2D eigenvalue weighted by molar-refractivity contribution is -0.305. The molecule has 4 bridgehead atoms. The molecular formula is C15H22NO3-. The maximum atomic E-state index is 12.0. The van der Waals surface area contributed by atoms with Crippen molar-refractivity contribution in [2.24, 2.45) is 17.8 Å². The Morgan fingerprint density at radius 2 is 1.53 bits per heavy atom. The van der Waals surface area contributed by atoms with E-state index in [-0.39, 0.29) is 17.9 Å². The van der Waals surface area contributed by atoms with Crippen LogP contribution in [-0.2, 0) is 9.59 Å². The maximum absolute atomic E-state index is 12.0. The predicted octanol–water partition coefficient (Wildman–Crippen LogP) is 0.992. The third-order valence-corrected chi connectivity index (χ3v) is 5.23. The molecule has 1 N–H and O–H groups in total. The minimum absolute atomic E-state index is 0.0195. The van der Waals surface area contributed by atoms with Crippen LogP contribution in [0.1, 0.15) is 57.8 Å². The van der Waals surface area contributed by atoms with Crippen LogP contribution < -0.4 is 10.4 Å². The molecule has 0 aromatic heterocycles. The first kappa shape index (κ1) is 12.9. The molecule has 0 spiro atoms. The predicted molar refractivity (Wildman–Crippen MR) is 67.9 cm³/mol. The van der Waals surface area contributed by atoms with Crippen LogP contribution >= 0.6 is 0 Å². The third kappa shape index (κ3) is 2.77. The zero-order valence-electron chi connectivity index (χ0n) is 11.3. The number of nitrogens with one attached hydrogen (secondary N) is 1. The van der Waals surface area contributed by atoms with Crippen LogP contribution in [0.2, 0.25) is 0 Å². The molecule has 4 rings (SSSR count). The second-order valence-corrected chi connectivity index (χ2v) is 6.97. The number of aliphatic carboxylic acids is 1. The Balaban J connectivity index is 1.54. The number of amides is 1. The summed E-state index contributed by atoms with van der Waals surface area (Å²) in [5, 5.41) is 13.6. The molecule has 0 aromatic carbocycles. The fourth-order valence-corrected chi connectivity index (χ4v) is 5.02. The largest absolute Gasteiger partial charge is 0.550 e. The summed E-state index contributed by atoms with van der Waals surface area (Å²) in [7, 11) is 0. The smallest absolute Gasteiger partial charge is 0.220 e. The van der Waals surface area contributed by atoms with E-state index in [1.54, 1.807) is 0 Å². The highest BCUT2D eigenvalue weighted by Crippen LogP contribution is 2.55. The van der Waals surface area contributed by atoms with Gasteiger partial charge in [0.1, 0.15) is 0 Å². The molecule has 4 saturated carbocycles. The fourth-order valence-electron chi connectivity index (χ4n) is 5.02. The van der Waals surface area contributed by atoms with E-state index in [2.05, 4.69) is 5.32 Å². The highest BCUT2D eigenvalue weighted by Gasteiger charge is 2.51. The molecule has 4 aliphatic carbocycles. The molecule has 4 fully saturated rings. The van der Waals surface area contributed by atoms with E-state index >= 15 is 0 Å². The van der Waals surface area contributed by atoms with Crippen molar-refractivity contribution < 1.29 is 14.7 Å². The lowest BCUT2D eigenvalue weighted by Crippen LogP contribution is -2.59. The highest BCUT2D eigenvalue weighted by atomic mass is 16.4. The Bertz CT molecular complexity index is 356. The molecule has 0 atom stereocenters. The second-order valence-electron chi connectivity index (χ2n) is 6.97. The number of carboxylic acid groups (broad SMARTS) is 1. The van der Waals surface area contributed by atoms with Crippen LogP contribution in [0.25, 0.3) is 0 Å². The molecule has 4 aliphatic rings. The van der Waals surface area contributed by atoms with Gasteiger partial charge < -0.3 is 15.2 Å².